The van der Waals surface area contributed by atoms with Crippen molar-refractivity contribution in [3.05, 3.63) is 53.9 Å². The molecule has 18 heavy (non-hydrogen) atoms. The number of aromatic nitrogens is 2. The molecule has 0 spiro atoms. The molecule has 0 aliphatic rings. The summed E-state index contributed by atoms with van der Waals surface area (Å²) < 4.78 is 1.90. The maximum Gasteiger partial charge on any atom is 0.131 e. The molecule has 0 aliphatic carbocycles. The van der Waals surface area contributed by atoms with Crippen LogP contribution in [0.5, 0.6) is 0 Å². The van der Waals surface area contributed by atoms with Gasteiger partial charge in [0.1, 0.15) is 5.60 Å². The van der Waals surface area contributed by atoms with Gasteiger partial charge < -0.3 is 5.11 Å². The maximum absolute atomic E-state index is 11.0. The fourth-order valence-corrected chi connectivity index (χ4v) is 2.32. The van der Waals surface area contributed by atoms with Crippen molar-refractivity contribution in [1.29, 1.82) is 0 Å². The van der Waals surface area contributed by atoms with Crippen molar-refractivity contribution in [2.75, 3.05) is 0 Å². The van der Waals surface area contributed by atoms with E-state index in [2.05, 4.69) is 12.0 Å². The van der Waals surface area contributed by atoms with E-state index in [1.807, 2.05) is 48.0 Å². The number of benzene rings is 1. The molecule has 1 unspecified atom stereocenters. The normalized spacial score (nSPS) is 14.4. The van der Waals surface area contributed by atoms with E-state index in [-0.39, 0.29) is 0 Å². The first-order valence-electron chi connectivity index (χ1n) is 6.52. The molecule has 0 saturated heterocycles. The molecule has 0 aliphatic heterocycles. The highest BCUT2D eigenvalue weighted by Gasteiger charge is 2.32. The van der Waals surface area contributed by atoms with Crippen LogP contribution in [0.3, 0.4) is 0 Å². The van der Waals surface area contributed by atoms with E-state index in [0.29, 0.717) is 6.42 Å². The van der Waals surface area contributed by atoms with Crippen molar-refractivity contribution in [2.24, 2.45) is 0 Å². The summed E-state index contributed by atoms with van der Waals surface area (Å²) in [5, 5.41) is 15.3. The topological polar surface area (TPSA) is 38.0 Å². The number of aliphatic hydroxyl groups is 1. The molecule has 2 aromatic rings. The Bertz CT molecular complexity index is 492. The summed E-state index contributed by atoms with van der Waals surface area (Å²) in [6, 6.07) is 11.7. The van der Waals surface area contributed by atoms with Crippen LogP contribution in [-0.4, -0.2) is 14.9 Å². The second-order valence-electron chi connectivity index (χ2n) is 4.52. The smallest absolute Gasteiger partial charge is 0.131 e. The van der Waals surface area contributed by atoms with Gasteiger partial charge in [0.05, 0.1) is 5.69 Å². The third-order valence-corrected chi connectivity index (χ3v) is 3.34. The van der Waals surface area contributed by atoms with Crippen LogP contribution in [0, 0.1) is 0 Å². The third-order valence-electron chi connectivity index (χ3n) is 3.34. The molecule has 1 atom stereocenters. The van der Waals surface area contributed by atoms with Crippen molar-refractivity contribution in [3.63, 3.8) is 0 Å². The molecule has 3 heteroatoms. The number of rotatable bonds is 5. The van der Waals surface area contributed by atoms with Gasteiger partial charge in [0.2, 0.25) is 0 Å². The Morgan fingerprint density at radius 3 is 2.50 bits per heavy atom. The van der Waals surface area contributed by atoms with Crippen LogP contribution in [-0.2, 0) is 12.1 Å². The number of hydrogen-bond donors (Lipinski definition) is 1. The molecule has 0 radical (unpaired) electrons. The Kier molecular flexibility index (Phi) is 3.82. The summed E-state index contributed by atoms with van der Waals surface area (Å²) in [7, 11) is 0. The number of hydrogen-bond acceptors (Lipinski definition) is 2. The molecule has 1 aromatic heterocycles. The van der Waals surface area contributed by atoms with Gasteiger partial charge in [-0.25, -0.2) is 0 Å². The van der Waals surface area contributed by atoms with E-state index in [1.165, 1.54) is 0 Å². The Balaban J connectivity index is 2.46. The van der Waals surface area contributed by atoms with E-state index >= 15 is 0 Å². The van der Waals surface area contributed by atoms with Gasteiger partial charge in [0, 0.05) is 12.7 Å². The van der Waals surface area contributed by atoms with Crippen molar-refractivity contribution >= 4 is 0 Å². The lowest BCUT2D eigenvalue weighted by molar-refractivity contribution is 0.0664. The monoisotopic (exact) mass is 244 g/mol. The molecule has 1 heterocycles. The highest BCUT2D eigenvalue weighted by molar-refractivity contribution is 5.31. The van der Waals surface area contributed by atoms with Crippen LogP contribution >= 0.6 is 0 Å². The molecule has 96 valence electrons. The van der Waals surface area contributed by atoms with Crippen LogP contribution in [0.25, 0.3) is 0 Å². The first-order chi connectivity index (χ1) is 8.72. The van der Waals surface area contributed by atoms with Crippen molar-refractivity contribution in [2.45, 2.75) is 38.8 Å². The number of aryl methyl sites for hydroxylation is 1. The van der Waals surface area contributed by atoms with Crippen LogP contribution in [0.1, 0.15) is 37.9 Å². The molecule has 2 rings (SSSR count). The van der Waals surface area contributed by atoms with Crippen molar-refractivity contribution in [1.82, 2.24) is 9.78 Å². The minimum absolute atomic E-state index is 0.631. The third kappa shape index (κ3) is 2.18. The summed E-state index contributed by atoms with van der Waals surface area (Å²) in [5.41, 5.74) is 0.843. The van der Waals surface area contributed by atoms with Gasteiger partial charge in [0.15, 0.2) is 0 Å². The summed E-state index contributed by atoms with van der Waals surface area (Å²) >= 11 is 0. The van der Waals surface area contributed by atoms with Gasteiger partial charge in [-0.2, -0.15) is 5.10 Å². The quantitative estimate of drug-likeness (QED) is 0.878. The molecule has 1 aromatic carbocycles. The first-order valence-corrected chi connectivity index (χ1v) is 6.52. The molecular weight excluding hydrogens is 224 g/mol. The van der Waals surface area contributed by atoms with Crippen LogP contribution in [0.15, 0.2) is 42.6 Å². The Labute approximate surface area is 108 Å². The zero-order chi connectivity index (χ0) is 13.0. The fraction of sp³-hybridized carbons (Fsp3) is 0.400. The van der Waals surface area contributed by atoms with Crippen LogP contribution in [0.4, 0.5) is 0 Å². The van der Waals surface area contributed by atoms with Gasteiger partial charge in [0.25, 0.3) is 0 Å². The fourth-order valence-electron chi connectivity index (χ4n) is 2.32. The summed E-state index contributed by atoms with van der Waals surface area (Å²) in [4.78, 5) is 0. The molecule has 1 N–H and O–H groups in total. The highest BCUT2D eigenvalue weighted by Crippen LogP contribution is 2.32. The lowest BCUT2D eigenvalue weighted by Crippen LogP contribution is -2.29. The summed E-state index contributed by atoms with van der Waals surface area (Å²) in [5.74, 6) is 0. The average molecular weight is 244 g/mol. The number of nitrogens with zero attached hydrogens (tertiary/aromatic N) is 2. The van der Waals surface area contributed by atoms with E-state index in [9.17, 15) is 5.11 Å². The molecule has 0 bridgehead atoms. The summed E-state index contributed by atoms with van der Waals surface area (Å²) in [6.45, 7) is 4.94. The van der Waals surface area contributed by atoms with E-state index in [1.54, 1.807) is 6.20 Å². The molecule has 0 fully saturated rings. The van der Waals surface area contributed by atoms with E-state index in [4.69, 9.17) is 0 Å². The van der Waals surface area contributed by atoms with Gasteiger partial charge in [-0.15, -0.1) is 0 Å². The molecule has 3 nitrogen and oxygen atoms in total. The summed E-state index contributed by atoms with van der Waals surface area (Å²) in [6.07, 6.45) is 3.39. The zero-order valence-electron chi connectivity index (χ0n) is 11.0. The van der Waals surface area contributed by atoms with Crippen molar-refractivity contribution in [3.8, 4) is 0 Å². The molecular formula is C15H20N2O. The minimum Gasteiger partial charge on any atom is -0.379 e. The SMILES string of the molecule is CCCn1nccc1C(O)(CC)c1ccccc1. The second-order valence-corrected chi connectivity index (χ2v) is 4.52. The molecule has 0 amide bonds. The lowest BCUT2D eigenvalue weighted by atomic mass is 9.88. The van der Waals surface area contributed by atoms with E-state index in [0.717, 1.165) is 24.2 Å². The van der Waals surface area contributed by atoms with Crippen molar-refractivity contribution < 1.29 is 5.11 Å². The van der Waals surface area contributed by atoms with Gasteiger partial charge in [-0.1, -0.05) is 44.2 Å². The van der Waals surface area contributed by atoms with Crippen LogP contribution in [0.2, 0.25) is 0 Å². The van der Waals surface area contributed by atoms with E-state index < -0.39 is 5.60 Å². The Morgan fingerprint density at radius 2 is 1.89 bits per heavy atom. The first kappa shape index (κ1) is 12.8. The van der Waals surface area contributed by atoms with Gasteiger partial charge in [-0.05, 0) is 24.5 Å². The highest BCUT2D eigenvalue weighted by atomic mass is 16.3. The second kappa shape index (κ2) is 5.36. The zero-order valence-corrected chi connectivity index (χ0v) is 11.0. The Morgan fingerprint density at radius 1 is 1.17 bits per heavy atom. The largest absolute Gasteiger partial charge is 0.379 e. The predicted octanol–water partition coefficient (Wildman–Crippen LogP) is 2.94. The standard InChI is InChI=1S/C15H20N2O/c1-3-12-17-14(10-11-16-17)15(18,4-2)13-8-6-5-7-9-13/h5-11,18H,3-4,12H2,1-2H3. The lowest BCUT2D eigenvalue weighted by Gasteiger charge is -2.28. The predicted molar refractivity (Wildman–Crippen MR) is 72.2 cm³/mol. The van der Waals surface area contributed by atoms with Gasteiger partial charge >= 0.3 is 0 Å². The van der Waals surface area contributed by atoms with Crippen LogP contribution < -0.4 is 0 Å². The maximum atomic E-state index is 11.0. The minimum atomic E-state index is -0.951. The van der Waals surface area contributed by atoms with Gasteiger partial charge in [-0.3, -0.25) is 4.68 Å². The molecule has 0 saturated carbocycles. The Hall–Kier alpha value is -1.61. The average Bonchev–Trinajstić information content (AvgIpc) is 2.88.